The number of aromatic amines is 1. The zero-order valence-corrected chi connectivity index (χ0v) is 8.57. The lowest BCUT2D eigenvalue weighted by Gasteiger charge is -2.17. The van der Waals surface area contributed by atoms with E-state index < -0.39 is 5.97 Å². The monoisotopic (exact) mass is 209 g/mol. The quantitative estimate of drug-likeness (QED) is 0.790. The summed E-state index contributed by atoms with van der Waals surface area (Å²) in [7, 11) is 0. The fourth-order valence-corrected chi connectivity index (χ4v) is 2.08. The van der Waals surface area contributed by atoms with Gasteiger partial charge in [0.15, 0.2) is 5.82 Å². The van der Waals surface area contributed by atoms with Gasteiger partial charge in [-0.15, -0.1) is 0 Å². The van der Waals surface area contributed by atoms with E-state index in [2.05, 4.69) is 15.2 Å². The number of aliphatic carboxylic acids is 1. The first-order valence-electron chi connectivity index (χ1n) is 5.38. The molecule has 5 nitrogen and oxygen atoms in total. The molecule has 2 N–H and O–H groups in total. The van der Waals surface area contributed by atoms with Crippen LogP contribution in [0, 0.1) is 0 Å². The number of carboxylic acid groups (broad SMARTS) is 1. The van der Waals surface area contributed by atoms with Crippen molar-refractivity contribution in [2.45, 2.75) is 44.4 Å². The molecule has 1 aliphatic rings. The van der Waals surface area contributed by atoms with E-state index in [0.717, 1.165) is 18.7 Å². The van der Waals surface area contributed by atoms with E-state index in [1.165, 1.54) is 19.3 Å². The van der Waals surface area contributed by atoms with Gasteiger partial charge in [0.2, 0.25) is 0 Å². The molecule has 82 valence electrons. The molecule has 0 aliphatic heterocycles. The predicted octanol–water partition coefficient (Wildman–Crippen LogP) is 1.48. The van der Waals surface area contributed by atoms with Crippen LogP contribution in [0.4, 0.5) is 0 Å². The van der Waals surface area contributed by atoms with Crippen LogP contribution in [0.2, 0.25) is 0 Å². The first-order chi connectivity index (χ1) is 7.25. The molecule has 0 atom stereocenters. The third kappa shape index (κ3) is 2.55. The summed E-state index contributed by atoms with van der Waals surface area (Å²) >= 11 is 0. The van der Waals surface area contributed by atoms with Crippen molar-refractivity contribution in [3.05, 3.63) is 11.6 Å². The van der Waals surface area contributed by atoms with Crippen LogP contribution in [0.5, 0.6) is 0 Å². The van der Waals surface area contributed by atoms with Crippen LogP contribution >= 0.6 is 0 Å². The molecule has 15 heavy (non-hydrogen) atoms. The molecule has 5 heteroatoms. The number of nitrogens with zero attached hydrogens (tertiary/aromatic N) is 2. The fourth-order valence-electron chi connectivity index (χ4n) is 2.08. The van der Waals surface area contributed by atoms with E-state index in [9.17, 15) is 4.79 Å². The highest BCUT2D eigenvalue weighted by atomic mass is 16.4. The maximum Gasteiger partial charge on any atom is 0.311 e. The smallest absolute Gasteiger partial charge is 0.311 e. The Bertz CT molecular complexity index is 342. The van der Waals surface area contributed by atoms with Crippen molar-refractivity contribution >= 4 is 5.97 Å². The number of hydrogen-bond acceptors (Lipinski definition) is 3. The number of carboxylic acids is 1. The zero-order chi connectivity index (χ0) is 10.7. The Morgan fingerprint density at radius 1 is 1.40 bits per heavy atom. The van der Waals surface area contributed by atoms with Gasteiger partial charge in [-0.05, 0) is 12.8 Å². The topological polar surface area (TPSA) is 78.9 Å². The number of carbonyl (C=O) groups is 1. The van der Waals surface area contributed by atoms with Gasteiger partial charge >= 0.3 is 5.97 Å². The van der Waals surface area contributed by atoms with Crippen LogP contribution in [-0.4, -0.2) is 26.3 Å². The molecule has 0 bridgehead atoms. The second kappa shape index (κ2) is 4.42. The number of nitrogens with one attached hydrogen (secondary N) is 1. The van der Waals surface area contributed by atoms with E-state index in [0.29, 0.717) is 11.7 Å². The Morgan fingerprint density at radius 2 is 2.13 bits per heavy atom. The van der Waals surface area contributed by atoms with Gasteiger partial charge in [0.05, 0.1) is 0 Å². The molecule has 1 aromatic rings. The lowest BCUT2D eigenvalue weighted by molar-refractivity contribution is -0.136. The van der Waals surface area contributed by atoms with E-state index in [-0.39, 0.29) is 6.42 Å². The summed E-state index contributed by atoms with van der Waals surface area (Å²) in [6, 6.07) is 0. The van der Waals surface area contributed by atoms with Crippen molar-refractivity contribution in [2.75, 3.05) is 0 Å². The summed E-state index contributed by atoms with van der Waals surface area (Å²) in [6.07, 6.45) is 5.94. The summed E-state index contributed by atoms with van der Waals surface area (Å²) in [5, 5.41) is 15.4. The van der Waals surface area contributed by atoms with E-state index >= 15 is 0 Å². The minimum atomic E-state index is -0.874. The SMILES string of the molecule is O=C(O)Cc1nc(C2CCCCC2)n[nH]1. The van der Waals surface area contributed by atoms with Gasteiger partial charge in [0.1, 0.15) is 12.2 Å². The second-order valence-corrected chi connectivity index (χ2v) is 4.05. The van der Waals surface area contributed by atoms with Crippen LogP contribution in [0.15, 0.2) is 0 Å². The summed E-state index contributed by atoms with van der Waals surface area (Å²) in [5.41, 5.74) is 0. The Kier molecular flexibility index (Phi) is 2.99. The van der Waals surface area contributed by atoms with Crippen LogP contribution in [0.25, 0.3) is 0 Å². The third-order valence-electron chi connectivity index (χ3n) is 2.84. The molecule has 0 unspecified atom stereocenters. The first kappa shape index (κ1) is 10.1. The summed E-state index contributed by atoms with van der Waals surface area (Å²) < 4.78 is 0. The molecule has 0 spiro atoms. The van der Waals surface area contributed by atoms with Crippen LogP contribution in [0.3, 0.4) is 0 Å². The van der Waals surface area contributed by atoms with Crippen molar-refractivity contribution < 1.29 is 9.90 Å². The zero-order valence-electron chi connectivity index (χ0n) is 8.57. The number of H-pyrrole nitrogens is 1. The largest absolute Gasteiger partial charge is 0.481 e. The molecule has 1 aromatic heterocycles. The molecule has 1 heterocycles. The van der Waals surface area contributed by atoms with E-state index in [1.54, 1.807) is 0 Å². The van der Waals surface area contributed by atoms with Gasteiger partial charge in [-0.3, -0.25) is 9.89 Å². The standard InChI is InChI=1S/C10H15N3O2/c14-9(15)6-8-11-10(13-12-8)7-4-2-1-3-5-7/h7H,1-6H2,(H,14,15)(H,11,12,13). The molecule has 1 saturated carbocycles. The van der Waals surface area contributed by atoms with Crippen LogP contribution in [-0.2, 0) is 11.2 Å². The van der Waals surface area contributed by atoms with Crippen molar-refractivity contribution in [1.29, 1.82) is 0 Å². The highest BCUT2D eigenvalue weighted by Crippen LogP contribution is 2.30. The molecule has 0 amide bonds. The Balaban J connectivity index is 2.02. The van der Waals surface area contributed by atoms with Crippen molar-refractivity contribution in [2.24, 2.45) is 0 Å². The second-order valence-electron chi connectivity index (χ2n) is 4.05. The molecule has 0 saturated heterocycles. The Morgan fingerprint density at radius 3 is 2.80 bits per heavy atom. The molecular weight excluding hydrogens is 194 g/mol. The minimum Gasteiger partial charge on any atom is -0.481 e. The molecule has 2 rings (SSSR count). The lowest BCUT2D eigenvalue weighted by atomic mass is 9.89. The third-order valence-corrected chi connectivity index (χ3v) is 2.84. The van der Waals surface area contributed by atoms with E-state index in [4.69, 9.17) is 5.11 Å². The average molecular weight is 209 g/mol. The Hall–Kier alpha value is -1.39. The Labute approximate surface area is 87.9 Å². The van der Waals surface area contributed by atoms with Gasteiger partial charge in [-0.25, -0.2) is 4.98 Å². The average Bonchev–Trinajstić information content (AvgIpc) is 2.67. The highest BCUT2D eigenvalue weighted by molar-refractivity contribution is 5.68. The number of hydrogen-bond donors (Lipinski definition) is 2. The van der Waals surface area contributed by atoms with Gasteiger partial charge in [0, 0.05) is 5.92 Å². The van der Waals surface area contributed by atoms with Crippen LogP contribution in [0.1, 0.15) is 49.7 Å². The fraction of sp³-hybridized carbons (Fsp3) is 0.700. The molecule has 1 aliphatic carbocycles. The minimum absolute atomic E-state index is 0.0697. The molecule has 0 radical (unpaired) electrons. The predicted molar refractivity (Wildman–Crippen MR) is 53.5 cm³/mol. The molecule has 1 fully saturated rings. The summed E-state index contributed by atoms with van der Waals surface area (Å²) in [4.78, 5) is 14.7. The van der Waals surface area contributed by atoms with Crippen molar-refractivity contribution in [3.63, 3.8) is 0 Å². The van der Waals surface area contributed by atoms with Crippen LogP contribution < -0.4 is 0 Å². The maximum atomic E-state index is 10.5. The maximum absolute atomic E-state index is 10.5. The normalized spacial score (nSPS) is 17.9. The van der Waals surface area contributed by atoms with Gasteiger partial charge in [-0.2, -0.15) is 5.10 Å². The van der Waals surface area contributed by atoms with Gasteiger partial charge in [0.25, 0.3) is 0 Å². The van der Waals surface area contributed by atoms with Crippen molar-refractivity contribution in [1.82, 2.24) is 15.2 Å². The number of rotatable bonds is 3. The molecule has 0 aromatic carbocycles. The summed E-state index contributed by atoms with van der Waals surface area (Å²) in [6.45, 7) is 0. The number of aromatic nitrogens is 3. The summed E-state index contributed by atoms with van der Waals surface area (Å²) in [5.74, 6) is 0.813. The first-order valence-corrected chi connectivity index (χ1v) is 5.38. The van der Waals surface area contributed by atoms with Gasteiger partial charge in [-0.1, -0.05) is 19.3 Å². The van der Waals surface area contributed by atoms with Crippen molar-refractivity contribution in [3.8, 4) is 0 Å². The van der Waals surface area contributed by atoms with Gasteiger partial charge < -0.3 is 5.11 Å². The lowest BCUT2D eigenvalue weighted by Crippen LogP contribution is -2.06. The highest BCUT2D eigenvalue weighted by Gasteiger charge is 2.19. The van der Waals surface area contributed by atoms with E-state index in [1.807, 2.05) is 0 Å². The molecular formula is C10H15N3O2.